The number of hydrogen-bond donors (Lipinski definition) is 2. The topological polar surface area (TPSA) is 54.9 Å². The molecule has 1 N–H and O–H groups in total. The van der Waals surface area contributed by atoms with E-state index >= 15 is 0 Å². The summed E-state index contributed by atoms with van der Waals surface area (Å²) in [6.45, 7) is 0. The predicted octanol–water partition coefficient (Wildman–Crippen LogP) is 2.56. The number of H-pyrrole nitrogens is 1. The molecule has 1 heterocycles. The molecule has 0 saturated heterocycles. The van der Waals surface area contributed by atoms with E-state index in [4.69, 9.17) is 0 Å². The summed E-state index contributed by atoms with van der Waals surface area (Å²) >= 11 is 4.00. The molecule has 0 aliphatic carbocycles. The lowest BCUT2D eigenvalue weighted by Crippen LogP contribution is -2.28. The van der Waals surface area contributed by atoms with Crippen molar-refractivity contribution in [3.63, 3.8) is 0 Å². The van der Waals surface area contributed by atoms with E-state index < -0.39 is 0 Å². The van der Waals surface area contributed by atoms with Crippen molar-refractivity contribution in [1.29, 1.82) is 0 Å². The Balaban J connectivity index is 2.43. The summed E-state index contributed by atoms with van der Waals surface area (Å²) in [7, 11) is 0. The quantitative estimate of drug-likeness (QED) is 0.714. The molecule has 3 rings (SSSR count). The maximum absolute atomic E-state index is 12.4. The number of benzene rings is 2. The van der Waals surface area contributed by atoms with Crippen LogP contribution in [0.15, 0.2) is 70.3 Å². The molecule has 3 aromatic rings. The molecule has 0 saturated carbocycles. The van der Waals surface area contributed by atoms with Gasteiger partial charge < -0.3 is 0 Å². The molecule has 104 valence electrons. The molecule has 0 unspecified atom stereocenters. The van der Waals surface area contributed by atoms with Crippen LogP contribution in [0.1, 0.15) is 0 Å². The highest BCUT2D eigenvalue weighted by molar-refractivity contribution is 7.78. The van der Waals surface area contributed by atoms with Crippen molar-refractivity contribution in [3.8, 4) is 22.3 Å². The molecule has 5 heteroatoms. The molecule has 0 atom stereocenters. The Labute approximate surface area is 126 Å². The lowest BCUT2D eigenvalue weighted by Gasteiger charge is -2.09. The predicted molar refractivity (Wildman–Crippen MR) is 86.6 cm³/mol. The second kappa shape index (κ2) is 5.46. The number of nitrogens with zero attached hydrogens (tertiary/aromatic N) is 1. The molecular weight excluding hydrogens is 284 g/mol. The highest BCUT2D eigenvalue weighted by Gasteiger charge is 2.17. The van der Waals surface area contributed by atoms with Gasteiger partial charge in [0, 0.05) is 0 Å². The van der Waals surface area contributed by atoms with E-state index in [0.29, 0.717) is 22.3 Å². The Morgan fingerprint density at radius 1 is 0.762 bits per heavy atom. The van der Waals surface area contributed by atoms with E-state index in [1.165, 1.54) is 0 Å². The van der Waals surface area contributed by atoms with Gasteiger partial charge in [-0.3, -0.25) is 14.7 Å². The fourth-order valence-corrected chi connectivity index (χ4v) is 2.47. The van der Waals surface area contributed by atoms with E-state index in [1.807, 2.05) is 36.4 Å². The van der Waals surface area contributed by atoms with Gasteiger partial charge in [-0.1, -0.05) is 60.7 Å². The highest BCUT2D eigenvalue weighted by Crippen LogP contribution is 2.25. The number of nitrogens with one attached hydrogen (secondary N) is 1. The lowest BCUT2D eigenvalue weighted by molar-refractivity contribution is 0.901. The zero-order valence-electron chi connectivity index (χ0n) is 11.0. The Bertz CT molecular complexity index is 884. The number of hydrogen-bond acceptors (Lipinski definition) is 3. The van der Waals surface area contributed by atoms with Gasteiger partial charge in [-0.05, 0) is 23.9 Å². The summed E-state index contributed by atoms with van der Waals surface area (Å²) in [5.41, 5.74) is 1.38. The third-order valence-corrected chi connectivity index (χ3v) is 3.50. The van der Waals surface area contributed by atoms with Crippen molar-refractivity contribution in [2.45, 2.75) is 0 Å². The normalized spacial score (nSPS) is 10.5. The average Bonchev–Trinajstić information content (AvgIpc) is 2.52. The number of aromatic nitrogens is 2. The maximum Gasteiger partial charge on any atom is 0.283 e. The minimum Gasteiger partial charge on any atom is -0.267 e. The van der Waals surface area contributed by atoms with E-state index in [1.54, 1.807) is 24.3 Å². The summed E-state index contributed by atoms with van der Waals surface area (Å²) in [6, 6.07) is 18.2. The van der Waals surface area contributed by atoms with Gasteiger partial charge in [-0.15, -0.1) is 0 Å². The minimum absolute atomic E-state index is 0.348. The molecular formula is C16H12N2O2S. The van der Waals surface area contributed by atoms with Crippen molar-refractivity contribution in [2.24, 2.45) is 0 Å². The zero-order chi connectivity index (χ0) is 14.8. The van der Waals surface area contributed by atoms with Crippen molar-refractivity contribution in [2.75, 3.05) is 0 Å². The Morgan fingerprint density at radius 2 is 1.24 bits per heavy atom. The van der Waals surface area contributed by atoms with E-state index in [9.17, 15) is 9.59 Å². The van der Waals surface area contributed by atoms with Gasteiger partial charge in [-0.2, -0.15) is 4.09 Å². The number of rotatable bonds is 2. The molecule has 2 aromatic carbocycles. The number of thiol groups is 1. The Hall–Kier alpha value is -2.53. The van der Waals surface area contributed by atoms with Crippen LogP contribution in [0.4, 0.5) is 0 Å². The maximum atomic E-state index is 12.4. The molecule has 1 aromatic heterocycles. The zero-order valence-corrected chi connectivity index (χ0v) is 11.9. The van der Waals surface area contributed by atoms with Crippen LogP contribution >= 0.6 is 12.8 Å². The summed E-state index contributed by atoms with van der Waals surface area (Å²) in [4.78, 5) is 24.8. The lowest BCUT2D eigenvalue weighted by atomic mass is 9.97. The number of aromatic amines is 1. The van der Waals surface area contributed by atoms with Crippen molar-refractivity contribution in [3.05, 3.63) is 81.4 Å². The summed E-state index contributed by atoms with van der Waals surface area (Å²) in [5.74, 6) is 0. The minimum atomic E-state index is -0.358. The highest BCUT2D eigenvalue weighted by atomic mass is 32.1. The van der Waals surface area contributed by atoms with Crippen molar-refractivity contribution < 1.29 is 0 Å². The first-order valence-corrected chi connectivity index (χ1v) is 6.78. The SMILES string of the molecule is O=c1[nH]n(S)c(=O)c(-c2ccccc2)c1-c1ccccc1. The molecule has 0 amide bonds. The summed E-state index contributed by atoms with van der Waals surface area (Å²) < 4.78 is 0.914. The second-order valence-corrected chi connectivity index (χ2v) is 4.94. The molecule has 0 bridgehead atoms. The largest absolute Gasteiger partial charge is 0.283 e. The van der Waals surface area contributed by atoms with Gasteiger partial charge in [0.1, 0.15) is 0 Å². The van der Waals surface area contributed by atoms with E-state index in [2.05, 4.69) is 17.9 Å². The van der Waals surface area contributed by atoms with Crippen LogP contribution in [0, 0.1) is 0 Å². The van der Waals surface area contributed by atoms with Gasteiger partial charge in [0.05, 0.1) is 11.1 Å². The van der Waals surface area contributed by atoms with Crippen LogP contribution in [-0.2, 0) is 0 Å². The van der Waals surface area contributed by atoms with Crippen LogP contribution in [0.5, 0.6) is 0 Å². The first-order valence-electron chi connectivity index (χ1n) is 6.38. The van der Waals surface area contributed by atoms with Crippen LogP contribution in [0.2, 0.25) is 0 Å². The van der Waals surface area contributed by atoms with Gasteiger partial charge in [-0.25, -0.2) is 0 Å². The van der Waals surface area contributed by atoms with Gasteiger partial charge in [0.25, 0.3) is 11.1 Å². The van der Waals surface area contributed by atoms with Crippen molar-refractivity contribution in [1.82, 2.24) is 9.19 Å². The summed E-state index contributed by atoms with van der Waals surface area (Å²) in [6.07, 6.45) is 0. The van der Waals surface area contributed by atoms with E-state index in [0.717, 1.165) is 4.09 Å². The average molecular weight is 296 g/mol. The second-order valence-electron chi connectivity index (χ2n) is 4.54. The third-order valence-electron chi connectivity index (χ3n) is 3.22. The van der Waals surface area contributed by atoms with Crippen LogP contribution in [-0.4, -0.2) is 9.19 Å². The Kier molecular flexibility index (Phi) is 3.50. The fraction of sp³-hybridized carbons (Fsp3) is 0. The van der Waals surface area contributed by atoms with Gasteiger partial charge in [0.2, 0.25) is 0 Å². The monoisotopic (exact) mass is 296 g/mol. The van der Waals surface area contributed by atoms with E-state index in [-0.39, 0.29) is 11.1 Å². The fourth-order valence-electron chi connectivity index (χ4n) is 2.28. The first-order chi connectivity index (χ1) is 10.2. The molecule has 0 spiro atoms. The third kappa shape index (κ3) is 2.43. The molecule has 4 nitrogen and oxygen atoms in total. The standard InChI is InChI=1S/C16H12N2O2S/c19-15-13(11-7-3-1-4-8-11)14(16(20)18(21)17-15)12-9-5-2-6-10-12/h1-10,21H,(H,17,19). The van der Waals surface area contributed by atoms with Crippen LogP contribution in [0.3, 0.4) is 0 Å². The van der Waals surface area contributed by atoms with Crippen LogP contribution < -0.4 is 11.1 Å². The molecule has 0 radical (unpaired) electrons. The summed E-state index contributed by atoms with van der Waals surface area (Å²) in [5, 5.41) is 2.43. The molecule has 0 aliphatic heterocycles. The first kappa shape index (κ1) is 13.5. The molecule has 0 fully saturated rings. The smallest absolute Gasteiger partial charge is 0.267 e. The molecule has 0 aliphatic rings. The Morgan fingerprint density at radius 3 is 1.76 bits per heavy atom. The van der Waals surface area contributed by atoms with Crippen molar-refractivity contribution >= 4 is 12.8 Å². The van der Waals surface area contributed by atoms with Gasteiger partial charge >= 0.3 is 0 Å². The van der Waals surface area contributed by atoms with Gasteiger partial charge in [0.15, 0.2) is 0 Å². The molecule has 21 heavy (non-hydrogen) atoms. The van der Waals surface area contributed by atoms with Crippen LogP contribution in [0.25, 0.3) is 22.3 Å².